The van der Waals surface area contributed by atoms with Crippen molar-refractivity contribution in [2.24, 2.45) is 11.3 Å². The second kappa shape index (κ2) is 3.47. The van der Waals surface area contributed by atoms with Crippen molar-refractivity contribution < 1.29 is 14.6 Å². The van der Waals surface area contributed by atoms with Crippen molar-refractivity contribution in [1.29, 1.82) is 0 Å². The molecule has 98 valence electrons. The minimum Gasteiger partial charge on any atom is -0.423 e. The van der Waals surface area contributed by atoms with Gasteiger partial charge in [0.05, 0.1) is 5.60 Å². The smallest absolute Gasteiger partial charge is 0.339 e. The van der Waals surface area contributed by atoms with E-state index in [1.54, 1.807) is 0 Å². The second-order valence-corrected chi connectivity index (χ2v) is 6.47. The largest absolute Gasteiger partial charge is 0.423 e. The Hall–Kier alpha value is -1.09. The lowest BCUT2D eigenvalue weighted by Crippen LogP contribution is -2.49. The zero-order valence-corrected chi connectivity index (χ0v) is 11.2. The highest BCUT2D eigenvalue weighted by molar-refractivity contribution is 5.94. The quantitative estimate of drug-likeness (QED) is 0.670. The fourth-order valence-electron chi connectivity index (χ4n) is 3.93. The van der Waals surface area contributed by atoms with Gasteiger partial charge >= 0.3 is 5.97 Å². The third kappa shape index (κ3) is 1.50. The van der Waals surface area contributed by atoms with E-state index < -0.39 is 5.60 Å². The van der Waals surface area contributed by atoms with E-state index in [4.69, 9.17) is 4.74 Å². The molecule has 0 aromatic carbocycles. The Morgan fingerprint density at radius 3 is 2.83 bits per heavy atom. The molecule has 3 heteroatoms. The van der Waals surface area contributed by atoms with Gasteiger partial charge in [0.1, 0.15) is 5.76 Å². The molecule has 3 atom stereocenters. The standard InChI is InChI=1S/C15H20O3/c1-9-10-7-12-14(2,5-4-6-15(12,3)17)8-11(10)18-13(9)16/h8,12,17H,4-7H2,1-3H3/t12-,14+,15-/m1/s1. The lowest BCUT2D eigenvalue weighted by atomic mass is 9.56. The predicted octanol–water partition coefficient (Wildman–Crippen LogP) is 2.70. The minimum atomic E-state index is -0.645. The highest BCUT2D eigenvalue weighted by Gasteiger charge is 2.51. The van der Waals surface area contributed by atoms with Crippen molar-refractivity contribution >= 4 is 5.97 Å². The molecular formula is C15H20O3. The average molecular weight is 248 g/mol. The van der Waals surface area contributed by atoms with E-state index >= 15 is 0 Å². The summed E-state index contributed by atoms with van der Waals surface area (Å²) < 4.78 is 5.33. The second-order valence-electron chi connectivity index (χ2n) is 6.47. The summed E-state index contributed by atoms with van der Waals surface area (Å²) in [7, 11) is 0. The topological polar surface area (TPSA) is 46.5 Å². The predicted molar refractivity (Wildman–Crippen MR) is 67.6 cm³/mol. The Bertz CT molecular complexity index is 484. The normalized spacial score (nSPS) is 43.2. The molecule has 3 nitrogen and oxygen atoms in total. The Morgan fingerprint density at radius 1 is 1.39 bits per heavy atom. The lowest BCUT2D eigenvalue weighted by Gasteiger charge is -2.50. The van der Waals surface area contributed by atoms with Crippen LogP contribution in [0.25, 0.3) is 0 Å². The molecule has 18 heavy (non-hydrogen) atoms. The highest BCUT2D eigenvalue weighted by atomic mass is 16.5. The van der Waals surface area contributed by atoms with Gasteiger partial charge in [-0.1, -0.05) is 6.92 Å². The van der Waals surface area contributed by atoms with Crippen molar-refractivity contribution in [3.8, 4) is 0 Å². The Morgan fingerprint density at radius 2 is 2.11 bits per heavy atom. The number of aliphatic hydroxyl groups is 1. The zero-order valence-electron chi connectivity index (χ0n) is 11.2. The van der Waals surface area contributed by atoms with Crippen molar-refractivity contribution in [3.63, 3.8) is 0 Å². The van der Waals surface area contributed by atoms with Crippen LogP contribution in [0.1, 0.15) is 46.5 Å². The number of rotatable bonds is 0. The van der Waals surface area contributed by atoms with E-state index in [1.807, 2.05) is 13.8 Å². The summed E-state index contributed by atoms with van der Waals surface area (Å²) in [5, 5.41) is 10.6. The number of esters is 1. The summed E-state index contributed by atoms with van der Waals surface area (Å²) in [6, 6.07) is 0. The molecule has 1 heterocycles. The molecule has 2 aliphatic carbocycles. The van der Waals surface area contributed by atoms with Crippen LogP contribution in [0.15, 0.2) is 23.0 Å². The van der Waals surface area contributed by atoms with Gasteiger partial charge in [-0.2, -0.15) is 0 Å². The number of allylic oxidation sites excluding steroid dienone is 2. The van der Waals surface area contributed by atoms with Crippen LogP contribution in [0.3, 0.4) is 0 Å². The average Bonchev–Trinajstić information content (AvgIpc) is 2.51. The van der Waals surface area contributed by atoms with Gasteiger partial charge in [0.2, 0.25) is 0 Å². The first-order valence-electron chi connectivity index (χ1n) is 6.71. The van der Waals surface area contributed by atoms with Crippen molar-refractivity contribution in [2.45, 2.75) is 52.1 Å². The van der Waals surface area contributed by atoms with Crippen LogP contribution in [0.2, 0.25) is 0 Å². The number of hydrogen-bond donors (Lipinski definition) is 1. The van der Waals surface area contributed by atoms with Crippen molar-refractivity contribution in [3.05, 3.63) is 23.0 Å². The van der Waals surface area contributed by atoms with Gasteiger partial charge in [0.15, 0.2) is 0 Å². The van der Waals surface area contributed by atoms with Crippen LogP contribution in [-0.4, -0.2) is 16.7 Å². The van der Waals surface area contributed by atoms with E-state index in [9.17, 15) is 9.90 Å². The maximum atomic E-state index is 11.6. The third-order valence-corrected chi connectivity index (χ3v) is 5.07. The Kier molecular flexibility index (Phi) is 2.31. The maximum absolute atomic E-state index is 11.6. The molecule has 0 amide bonds. The number of carbonyl (C=O) groups is 1. The number of fused-ring (bicyclic) bond motifs is 2. The molecule has 0 bridgehead atoms. The first kappa shape index (κ1) is 12.0. The third-order valence-electron chi connectivity index (χ3n) is 5.07. The van der Waals surface area contributed by atoms with Crippen molar-refractivity contribution in [1.82, 2.24) is 0 Å². The van der Waals surface area contributed by atoms with Gasteiger partial charge in [0.25, 0.3) is 0 Å². The maximum Gasteiger partial charge on any atom is 0.339 e. The number of hydrogen-bond acceptors (Lipinski definition) is 3. The van der Waals surface area contributed by atoms with Crippen LogP contribution in [0.5, 0.6) is 0 Å². The SMILES string of the molecule is CC1=C2C[C@H]3[C@](C)(O)CCC[C@@]3(C)C=C2OC1=O. The summed E-state index contributed by atoms with van der Waals surface area (Å²) in [4.78, 5) is 11.6. The fourth-order valence-corrected chi connectivity index (χ4v) is 3.93. The molecule has 3 rings (SSSR count). The molecule has 0 saturated heterocycles. The van der Waals surface area contributed by atoms with Crippen LogP contribution in [-0.2, 0) is 9.53 Å². The molecule has 3 aliphatic rings. The monoisotopic (exact) mass is 248 g/mol. The molecule has 0 aromatic heterocycles. The molecule has 0 aromatic rings. The first-order chi connectivity index (χ1) is 8.33. The molecule has 0 radical (unpaired) electrons. The highest BCUT2D eigenvalue weighted by Crippen LogP contribution is 2.55. The molecule has 1 aliphatic heterocycles. The number of carbonyl (C=O) groups excluding carboxylic acids is 1. The van der Waals surface area contributed by atoms with Gasteiger partial charge in [0, 0.05) is 17.1 Å². The summed E-state index contributed by atoms with van der Waals surface area (Å²) in [5.74, 6) is 0.703. The van der Waals surface area contributed by atoms with Gasteiger partial charge in [-0.15, -0.1) is 0 Å². The van der Waals surface area contributed by atoms with E-state index in [1.165, 1.54) is 0 Å². The zero-order chi connectivity index (χ0) is 13.1. The molecule has 0 unspecified atom stereocenters. The van der Waals surface area contributed by atoms with E-state index in [0.29, 0.717) is 5.57 Å². The van der Waals surface area contributed by atoms with Crippen LogP contribution in [0, 0.1) is 11.3 Å². The molecule has 1 fully saturated rings. The fraction of sp³-hybridized carbons (Fsp3) is 0.667. The van der Waals surface area contributed by atoms with E-state index in [-0.39, 0.29) is 17.3 Å². The van der Waals surface area contributed by atoms with Crippen LogP contribution in [0.4, 0.5) is 0 Å². The first-order valence-corrected chi connectivity index (χ1v) is 6.71. The Labute approximate surface area is 108 Å². The summed E-state index contributed by atoms with van der Waals surface area (Å²) in [6.45, 7) is 5.93. The van der Waals surface area contributed by atoms with Gasteiger partial charge < -0.3 is 9.84 Å². The van der Waals surface area contributed by atoms with E-state index in [0.717, 1.165) is 37.0 Å². The van der Waals surface area contributed by atoms with E-state index in [2.05, 4.69) is 13.0 Å². The molecule has 0 spiro atoms. The van der Waals surface area contributed by atoms with Gasteiger partial charge in [-0.3, -0.25) is 0 Å². The van der Waals surface area contributed by atoms with Gasteiger partial charge in [-0.05, 0) is 51.0 Å². The molecule has 1 saturated carbocycles. The summed E-state index contributed by atoms with van der Waals surface area (Å²) in [6.07, 6.45) is 5.76. The van der Waals surface area contributed by atoms with Crippen LogP contribution < -0.4 is 0 Å². The lowest BCUT2D eigenvalue weighted by molar-refractivity contribution is -0.133. The van der Waals surface area contributed by atoms with Crippen LogP contribution >= 0.6 is 0 Å². The molecular weight excluding hydrogens is 228 g/mol. The van der Waals surface area contributed by atoms with Crippen molar-refractivity contribution in [2.75, 3.05) is 0 Å². The minimum absolute atomic E-state index is 0.0501. The number of ether oxygens (including phenoxy) is 1. The summed E-state index contributed by atoms with van der Waals surface area (Å²) >= 11 is 0. The Balaban J connectivity index is 2.09. The summed E-state index contributed by atoms with van der Waals surface area (Å²) in [5.41, 5.74) is 1.02. The van der Waals surface area contributed by atoms with Gasteiger partial charge in [-0.25, -0.2) is 4.79 Å². The molecule has 1 N–H and O–H groups in total.